The molecule has 184 valence electrons. The third kappa shape index (κ3) is 6.59. The molecule has 0 saturated heterocycles. The first kappa shape index (κ1) is 24.3. The SMILES string of the molecule is COCCCCc1nccc(Cn2nc(-c3nc(-c4ccc(OC(F)(F)F)cc4)no3)nc2C)n1. The fraction of sp³-hybridized carbons (Fsp3) is 0.364. The second-order valence-electron chi connectivity index (χ2n) is 7.55. The number of unbranched alkanes of at least 4 members (excludes halogenated alkanes) is 1. The monoisotopic (exact) mass is 489 g/mol. The van der Waals surface area contributed by atoms with Crippen LogP contribution >= 0.6 is 0 Å². The normalized spacial score (nSPS) is 11.7. The van der Waals surface area contributed by atoms with Crippen LogP contribution in [0.1, 0.15) is 30.2 Å². The molecule has 0 aliphatic rings. The molecule has 0 amide bonds. The summed E-state index contributed by atoms with van der Waals surface area (Å²) in [6.45, 7) is 2.88. The second-order valence-corrected chi connectivity index (χ2v) is 7.55. The van der Waals surface area contributed by atoms with Crippen LogP contribution in [0, 0.1) is 6.92 Å². The van der Waals surface area contributed by atoms with Gasteiger partial charge in [-0.25, -0.2) is 19.6 Å². The summed E-state index contributed by atoms with van der Waals surface area (Å²) < 4.78 is 52.9. The Morgan fingerprint density at radius 1 is 1.00 bits per heavy atom. The molecule has 4 aromatic rings. The van der Waals surface area contributed by atoms with Crippen molar-refractivity contribution >= 4 is 0 Å². The van der Waals surface area contributed by atoms with E-state index < -0.39 is 6.36 Å². The van der Waals surface area contributed by atoms with E-state index in [4.69, 9.17) is 9.26 Å². The maximum absolute atomic E-state index is 12.3. The van der Waals surface area contributed by atoms with Gasteiger partial charge in [-0.05, 0) is 50.1 Å². The van der Waals surface area contributed by atoms with Crippen LogP contribution in [0.25, 0.3) is 23.1 Å². The van der Waals surface area contributed by atoms with Gasteiger partial charge in [0.05, 0.1) is 12.2 Å². The molecule has 0 radical (unpaired) electrons. The molecule has 0 spiro atoms. The number of methoxy groups -OCH3 is 1. The summed E-state index contributed by atoms with van der Waals surface area (Å²) in [6, 6.07) is 6.95. The highest BCUT2D eigenvalue weighted by atomic mass is 19.4. The zero-order valence-corrected chi connectivity index (χ0v) is 19.0. The molecule has 0 saturated carbocycles. The Kier molecular flexibility index (Phi) is 7.34. The number of ether oxygens (including phenoxy) is 2. The maximum Gasteiger partial charge on any atom is 0.573 e. The van der Waals surface area contributed by atoms with Gasteiger partial charge in [0.25, 0.3) is 5.89 Å². The van der Waals surface area contributed by atoms with Crippen molar-refractivity contribution in [2.24, 2.45) is 0 Å². The number of alkyl halides is 3. The number of nitrogens with zero attached hydrogens (tertiary/aromatic N) is 7. The molecule has 3 aromatic heterocycles. The number of hydrogen-bond donors (Lipinski definition) is 0. The number of rotatable bonds is 10. The van der Waals surface area contributed by atoms with Crippen molar-refractivity contribution in [3.8, 4) is 28.9 Å². The largest absolute Gasteiger partial charge is 0.573 e. The van der Waals surface area contributed by atoms with Gasteiger partial charge in [0.15, 0.2) is 0 Å². The van der Waals surface area contributed by atoms with Gasteiger partial charge in [-0.2, -0.15) is 4.98 Å². The van der Waals surface area contributed by atoms with Crippen LogP contribution in [0.2, 0.25) is 0 Å². The fourth-order valence-electron chi connectivity index (χ4n) is 3.23. The Morgan fingerprint density at radius 2 is 1.80 bits per heavy atom. The summed E-state index contributed by atoms with van der Waals surface area (Å²) in [5.74, 6) is 1.52. The fourth-order valence-corrected chi connectivity index (χ4v) is 3.23. The van der Waals surface area contributed by atoms with E-state index in [2.05, 4.69) is 34.9 Å². The number of halogens is 3. The highest BCUT2D eigenvalue weighted by Gasteiger charge is 2.31. The molecule has 3 heterocycles. The molecule has 35 heavy (non-hydrogen) atoms. The zero-order valence-electron chi connectivity index (χ0n) is 19.0. The summed E-state index contributed by atoms with van der Waals surface area (Å²) in [4.78, 5) is 17.6. The molecule has 0 N–H and O–H groups in total. The standard InChI is InChI=1S/C22H22F3N7O3/c1-14-27-20(30-32(14)13-16-10-11-26-18(28-16)5-3-4-12-33-2)21-29-19(31-35-21)15-6-8-17(9-7-15)34-22(23,24)25/h6-11H,3-5,12-13H2,1-2H3. The predicted octanol–water partition coefficient (Wildman–Crippen LogP) is 4.01. The Morgan fingerprint density at radius 3 is 2.54 bits per heavy atom. The van der Waals surface area contributed by atoms with Crippen LogP contribution in [-0.4, -0.2) is 55.0 Å². The van der Waals surface area contributed by atoms with Crippen molar-refractivity contribution in [1.82, 2.24) is 34.9 Å². The summed E-state index contributed by atoms with van der Waals surface area (Å²) in [7, 11) is 1.68. The van der Waals surface area contributed by atoms with Crippen molar-refractivity contribution in [2.75, 3.05) is 13.7 Å². The van der Waals surface area contributed by atoms with Crippen molar-refractivity contribution in [3.63, 3.8) is 0 Å². The summed E-state index contributed by atoms with van der Waals surface area (Å²) in [6.07, 6.45) is -0.418. The van der Waals surface area contributed by atoms with E-state index in [0.717, 1.165) is 30.8 Å². The van der Waals surface area contributed by atoms with E-state index in [9.17, 15) is 13.2 Å². The molecule has 0 aliphatic carbocycles. The average molecular weight is 489 g/mol. The molecule has 0 aliphatic heterocycles. The lowest BCUT2D eigenvalue weighted by Gasteiger charge is -2.08. The quantitative estimate of drug-likeness (QED) is 0.305. The van der Waals surface area contributed by atoms with Gasteiger partial charge in [-0.15, -0.1) is 18.3 Å². The first-order valence-electron chi connectivity index (χ1n) is 10.7. The van der Waals surface area contributed by atoms with Crippen LogP contribution in [-0.2, 0) is 17.7 Å². The number of aryl methyl sites for hydroxylation is 2. The third-order valence-electron chi connectivity index (χ3n) is 4.89. The number of aromatic nitrogens is 7. The van der Waals surface area contributed by atoms with Gasteiger partial charge in [0, 0.05) is 31.9 Å². The lowest BCUT2D eigenvalue weighted by atomic mass is 10.2. The molecule has 10 nitrogen and oxygen atoms in total. The Hall–Kier alpha value is -3.87. The van der Waals surface area contributed by atoms with Crippen LogP contribution in [0.15, 0.2) is 41.1 Å². The smallest absolute Gasteiger partial charge is 0.406 e. The molecule has 0 atom stereocenters. The Balaban J connectivity index is 1.44. The lowest BCUT2D eigenvalue weighted by Crippen LogP contribution is -2.16. The van der Waals surface area contributed by atoms with E-state index in [1.807, 2.05) is 6.07 Å². The van der Waals surface area contributed by atoms with Gasteiger partial charge in [-0.3, -0.25) is 0 Å². The molecular weight excluding hydrogens is 467 g/mol. The van der Waals surface area contributed by atoms with Gasteiger partial charge in [0.1, 0.15) is 17.4 Å². The van der Waals surface area contributed by atoms with Crippen LogP contribution in [0.4, 0.5) is 13.2 Å². The van der Waals surface area contributed by atoms with Gasteiger partial charge >= 0.3 is 6.36 Å². The van der Waals surface area contributed by atoms with Crippen LogP contribution in [0.5, 0.6) is 5.75 Å². The summed E-state index contributed by atoms with van der Waals surface area (Å²) >= 11 is 0. The van der Waals surface area contributed by atoms with Gasteiger partial charge < -0.3 is 14.0 Å². The van der Waals surface area contributed by atoms with E-state index in [0.29, 0.717) is 24.5 Å². The maximum atomic E-state index is 12.3. The highest BCUT2D eigenvalue weighted by Crippen LogP contribution is 2.26. The average Bonchev–Trinajstić information content (AvgIpc) is 3.44. The molecule has 13 heteroatoms. The Bertz CT molecular complexity index is 1260. The Labute approximate surface area is 198 Å². The molecule has 0 fully saturated rings. The minimum absolute atomic E-state index is 0.0824. The lowest BCUT2D eigenvalue weighted by molar-refractivity contribution is -0.274. The first-order chi connectivity index (χ1) is 16.8. The number of hydrogen-bond acceptors (Lipinski definition) is 9. The van der Waals surface area contributed by atoms with Crippen molar-refractivity contribution < 1.29 is 27.2 Å². The van der Waals surface area contributed by atoms with Gasteiger partial charge in [0.2, 0.25) is 11.6 Å². The van der Waals surface area contributed by atoms with Crippen molar-refractivity contribution in [2.45, 2.75) is 39.1 Å². The molecular formula is C22H22F3N7O3. The summed E-state index contributed by atoms with van der Waals surface area (Å²) in [5.41, 5.74) is 1.23. The van der Waals surface area contributed by atoms with Crippen molar-refractivity contribution in [3.05, 3.63) is 53.9 Å². The molecule has 1 aromatic carbocycles. The highest BCUT2D eigenvalue weighted by molar-refractivity contribution is 5.57. The molecule has 0 bridgehead atoms. The van der Waals surface area contributed by atoms with E-state index in [-0.39, 0.29) is 23.3 Å². The van der Waals surface area contributed by atoms with Gasteiger partial charge in [-0.1, -0.05) is 5.16 Å². The van der Waals surface area contributed by atoms with E-state index in [1.165, 1.54) is 24.3 Å². The third-order valence-corrected chi connectivity index (χ3v) is 4.89. The first-order valence-corrected chi connectivity index (χ1v) is 10.7. The second kappa shape index (κ2) is 10.6. The van der Waals surface area contributed by atoms with Crippen LogP contribution in [0.3, 0.4) is 0 Å². The topological polar surface area (TPSA) is 114 Å². The zero-order chi connectivity index (χ0) is 24.8. The number of benzene rings is 1. The minimum atomic E-state index is -4.76. The van der Waals surface area contributed by atoms with E-state index in [1.54, 1.807) is 24.9 Å². The summed E-state index contributed by atoms with van der Waals surface area (Å²) in [5, 5.41) is 8.32. The van der Waals surface area contributed by atoms with Crippen molar-refractivity contribution in [1.29, 1.82) is 0 Å². The minimum Gasteiger partial charge on any atom is -0.406 e. The molecule has 4 rings (SSSR count). The van der Waals surface area contributed by atoms with E-state index >= 15 is 0 Å². The van der Waals surface area contributed by atoms with Crippen LogP contribution < -0.4 is 4.74 Å². The predicted molar refractivity (Wildman–Crippen MR) is 116 cm³/mol. The molecule has 0 unspecified atom stereocenters.